The van der Waals surface area contributed by atoms with Gasteiger partial charge >= 0.3 is 0 Å². The van der Waals surface area contributed by atoms with Crippen molar-refractivity contribution >= 4 is 21.7 Å². The molecule has 0 bridgehead atoms. The number of nitrogens with zero attached hydrogens (tertiary/aromatic N) is 1. The number of amides is 2. The second-order valence-corrected chi connectivity index (χ2v) is 6.77. The maximum Gasteiger partial charge on any atom is 0.242 e. The minimum Gasteiger partial charge on any atom is -0.354 e. The van der Waals surface area contributed by atoms with Gasteiger partial charge in [0.15, 0.2) is 5.03 Å². The molecular formula is C13H17N3O4S. The van der Waals surface area contributed by atoms with Gasteiger partial charge in [-0.2, -0.15) is 0 Å². The fraction of sp³-hybridized carbons (Fsp3) is 0.462. The summed E-state index contributed by atoms with van der Waals surface area (Å²) in [7, 11) is -3.79. The Morgan fingerprint density at radius 1 is 1.38 bits per heavy atom. The normalized spacial score (nSPS) is 19.4. The summed E-state index contributed by atoms with van der Waals surface area (Å²) < 4.78 is 24.0. The zero-order valence-corrected chi connectivity index (χ0v) is 12.2. The van der Waals surface area contributed by atoms with E-state index in [-0.39, 0.29) is 10.9 Å². The second kappa shape index (κ2) is 6.66. The maximum absolute atomic E-state index is 12.0. The van der Waals surface area contributed by atoms with Crippen molar-refractivity contribution < 1.29 is 18.0 Å². The van der Waals surface area contributed by atoms with Crippen molar-refractivity contribution in [3.05, 3.63) is 24.4 Å². The van der Waals surface area contributed by atoms with Crippen molar-refractivity contribution in [2.45, 2.75) is 30.3 Å². The molecule has 2 heterocycles. The van der Waals surface area contributed by atoms with E-state index in [4.69, 9.17) is 0 Å². The van der Waals surface area contributed by atoms with E-state index < -0.39 is 27.5 Å². The van der Waals surface area contributed by atoms with Crippen LogP contribution in [0.1, 0.15) is 19.3 Å². The molecule has 1 saturated heterocycles. The lowest BCUT2D eigenvalue weighted by atomic mass is 10.1. The summed E-state index contributed by atoms with van der Waals surface area (Å²) in [6.07, 6.45) is 3.52. The minimum atomic E-state index is -3.79. The van der Waals surface area contributed by atoms with Crippen LogP contribution < -0.4 is 10.6 Å². The van der Waals surface area contributed by atoms with Gasteiger partial charge in [-0.3, -0.25) is 9.59 Å². The first-order valence-corrected chi connectivity index (χ1v) is 8.35. The Morgan fingerprint density at radius 3 is 2.90 bits per heavy atom. The number of sulfone groups is 1. The second-order valence-electron chi connectivity index (χ2n) is 4.83. The summed E-state index contributed by atoms with van der Waals surface area (Å²) in [6.45, 7) is 0.581. The Balaban J connectivity index is 1.99. The van der Waals surface area contributed by atoms with Crippen LogP contribution in [0.4, 0.5) is 0 Å². The number of hydrogen-bond acceptors (Lipinski definition) is 5. The number of aromatic nitrogens is 1. The largest absolute Gasteiger partial charge is 0.354 e. The molecule has 2 N–H and O–H groups in total. The number of carbonyl (C=O) groups excluding carboxylic acids is 2. The van der Waals surface area contributed by atoms with Gasteiger partial charge in [0.2, 0.25) is 21.7 Å². The van der Waals surface area contributed by atoms with Gasteiger partial charge in [0.05, 0.1) is 0 Å². The molecule has 0 aromatic carbocycles. The molecule has 2 amide bonds. The molecule has 8 heteroatoms. The van der Waals surface area contributed by atoms with Gasteiger partial charge in [0.1, 0.15) is 11.8 Å². The van der Waals surface area contributed by atoms with Crippen LogP contribution in [0.5, 0.6) is 0 Å². The first-order valence-electron chi connectivity index (χ1n) is 6.70. The molecule has 21 heavy (non-hydrogen) atoms. The van der Waals surface area contributed by atoms with Gasteiger partial charge < -0.3 is 10.6 Å². The lowest BCUT2D eigenvalue weighted by Gasteiger charge is -2.15. The zero-order valence-electron chi connectivity index (χ0n) is 11.4. The van der Waals surface area contributed by atoms with E-state index >= 15 is 0 Å². The lowest BCUT2D eigenvalue weighted by Crippen LogP contribution is -2.47. The van der Waals surface area contributed by atoms with Crippen LogP contribution in [0.3, 0.4) is 0 Å². The molecule has 7 nitrogen and oxygen atoms in total. The van der Waals surface area contributed by atoms with Gasteiger partial charge in [-0.15, -0.1) is 0 Å². The Morgan fingerprint density at radius 2 is 2.19 bits per heavy atom. The summed E-state index contributed by atoms with van der Waals surface area (Å²) in [5, 5.41) is 5.01. The molecule has 1 atom stereocenters. The summed E-state index contributed by atoms with van der Waals surface area (Å²) in [5.74, 6) is -1.67. The van der Waals surface area contributed by atoms with Crippen LogP contribution in [0, 0.1) is 0 Å². The van der Waals surface area contributed by atoms with Crippen molar-refractivity contribution in [2.75, 3.05) is 12.3 Å². The highest BCUT2D eigenvalue weighted by Gasteiger charge is 2.26. The van der Waals surface area contributed by atoms with Gasteiger partial charge in [-0.1, -0.05) is 6.07 Å². The van der Waals surface area contributed by atoms with Crippen LogP contribution in [-0.4, -0.2) is 43.6 Å². The standard InChI is InChI=1S/C13H17N3O4S/c17-11(16-10-5-1-3-8-15-13(10)18)9-21(19,20)12-6-2-4-7-14-12/h2,4,6-7,10H,1,3,5,8-9H2,(H,15,18)(H,16,17). The molecule has 0 saturated carbocycles. The van der Waals surface area contributed by atoms with Crippen LogP contribution in [-0.2, 0) is 19.4 Å². The van der Waals surface area contributed by atoms with Crippen LogP contribution in [0.15, 0.2) is 29.4 Å². The third-order valence-corrected chi connectivity index (χ3v) is 4.67. The maximum atomic E-state index is 12.0. The Bertz CT molecular complexity index is 616. The van der Waals surface area contributed by atoms with Crippen LogP contribution in [0.2, 0.25) is 0 Å². The van der Waals surface area contributed by atoms with Crippen molar-refractivity contribution in [1.29, 1.82) is 0 Å². The predicted molar refractivity (Wildman–Crippen MR) is 75.1 cm³/mol. The Kier molecular flexibility index (Phi) is 4.89. The highest BCUT2D eigenvalue weighted by molar-refractivity contribution is 7.92. The number of nitrogens with one attached hydrogen (secondary N) is 2. The number of rotatable bonds is 4. The summed E-state index contributed by atoms with van der Waals surface area (Å²) in [4.78, 5) is 27.3. The number of pyridine rings is 1. The molecule has 1 fully saturated rings. The van der Waals surface area contributed by atoms with E-state index in [0.717, 1.165) is 12.8 Å². The molecule has 1 aliphatic rings. The van der Waals surface area contributed by atoms with Gasteiger partial charge in [-0.05, 0) is 31.4 Å². The summed E-state index contributed by atoms with van der Waals surface area (Å²) in [5.41, 5.74) is 0. The molecule has 1 aliphatic heterocycles. The van der Waals surface area contributed by atoms with Gasteiger partial charge in [0, 0.05) is 12.7 Å². The minimum absolute atomic E-state index is 0.148. The topological polar surface area (TPSA) is 105 Å². The smallest absolute Gasteiger partial charge is 0.242 e. The van der Waals surface area contributed by atoms with E-state index in [1.165, 1.54) is 18.3 Å². The quantitative estimate of drug-likeness (QED) is 0.790. The van der Waals surface area contributed by atoms with E-state index in [1.807, 2.05) is 0 Å². The van der Waals surface area contributed by atoms with Crippen LogP contribution in [0.25, 0.3) is 0 Å². The molecule has 1 unspecified atom stereocenters. The molecule has 1 aromatic rings. The number of hydrogen-bond donors (Lipinski definition) is 2. The molecule has 0 aliphatic carbocycles. The number of carbonyl (C=O) groups is 2. The molecule has 114 valence electrons. The van der Waals surface area contributed by atoms with E-state index in [1.54, 1.807) is 6.07 Å². The molecule has 0 spiro atoms. The van der Waals surface area contributed by atoms with E-state index in [2.05, 4.69) is 15.6 Å². The summed E-state index contributed by atoms with van der Waals surface area (Å²) in [6, 6.07) is 3.80. The van der Waals surface area contributed by atoms with Gasteiger partial charge in [0.25, 0.3) is 0 Å². The SMILES string of the molecule is O=C(CS(=O)(=O)c1ccccn1)NC1CCCCNC1=O. The third kappa shape index (κ3) is 4.25. The lowest BCUT2D eigenvalue weighted by molar-refractivity contribution is -0.127. The first kappa shape index (κ1) is 15.4. The Labute approximate surface area is 123 Å². The fourth-order valence-electron chi connectivity index (χ4n) is 2.09. The van der Waals surface area contributed by atoms with Crippen molar-refractivity contribution in [1.82, 2.24) is 15.6 Å². The molecular weight excluding hydrogens is 294 g/mol. The predicted octanol–water partition coefficient (Wildman–Crippen LogP) is -0.360. The monoisotopic (exact) mass is 311 g/mol. The Hall–Kier alpha value is -1.96. The molecule has 1 aromatic heterocycles. The summed E-state index contributed by atoms with van der Waals surface area (Å²) >= 11 is 0. The average molecular weight is 311 g/mol. The van der Waals surface area contributed by atoms with Crippen molar-refractivity contribution in [3.63, 3.8) is 0 Å². The highest BCUT2D eigenvalue weighted by atomic mass is 32.2. The zero-order chi connectivity index (χ0) is 15.3. The van der Waals surface area contributed by atoms with Gasteiger partial charge in [-0.25, -0.2) is 13.4 Å². The van der Waals surface area contributed by atoms with Crippen LogP contribution >= 0.6 is 0 Å². The van der Waals surface area contributed by atoms with E-state index in [0.29, 0.717) is 13.0 Å². The first-order chi connectivity index (χ1) is 9.99. The fourth-order valence-corrected chi connectivity index (χ4v) is 3.17. The molecule has 0 radical (unpaired) electrons. The van der Waals surface area contributed by atoms with E-state index in [9.17, 15) is 18.0 Å². The van der Waals surface area contributed by atoms with Crippen molar-refractivity contribution in [2.24, 2.45) is 0 Å². The average Bonchev–Trinajstić information content (AvgIpc) is 2.64. The third-order valence-electron chi connectivity index (χ3n) is 3.15. The van der Waals surface area contributed by atoms with Crippen molar-refractivity contribution in [3.8, 4) is 0 Å². The molecule has 2 rings (SSSR count). The highest BCUT2D eigenvalue weighted by Crippen LogP contribution is 2.08.